The van der Waals surface area contributed by atoms with Gasteiger partial charge in [-0.2, -0.15) is 4.98 Å². The molecule has 2 heterocycles. The van der Waals surface area contributed by atoms with Crippen molar-refractivity contribution < 1.29 is 4.74 Å². The maximum atomic E-state index is 5.47. The third-order valence-corrected chi connectivity index (χ3v) is 2.34. The molecule has 0 aliphatic heterocycles. The third kappa shape index (κ3) is 1.73. The standard InChI is InChI=1S/C11H16N4O/c1-5-16-11-9-10(13-8(4)14-11)15(6-12-9)7(2)3/h6-7H,5H2,1-4H3. The number of fused-ring (bicyclic) bond motifs is 1. The van der Waals surface area contributed by atoms with E-state index in [-0.39, 0.29) is 0 Å². The molecule has 0 atom stereocenters. The first-order valence-corrected chi connectivity index (χ1v) is 5.47. The molecule has 5 heteroatoms. The number of hydrogen-bond donors (Lipinski definition) is 0. The van der Waals surface area contributed by atoms with Crippen LogP contribution in [0, 0.1) is 6.92 Å². The largest absolute Gasteiger partial charge is 0.476 e. The minimum Gasteiger partial charge on any atom is -0.476 e. The molecule has 0 aromatic carbocycles. The Morgan fingerprint density at radius 2 is 2.12 bits per heavy atom. The summed E-state index contributed by atoms with van der Waals surface area (Å²) in [6, 6.07) is 0.328. The van der Waals surface area contributed by atoms with Crippen molar-refractivity contribution in [2.75, 3.05) is 6.61 Å². The molecule has 0 spiro atoms. The van der Waals surface area contributed by atoms with Crippen LogP contribution in [-0.2, 0) is 0 Å². The first-order chi connectivity index (χ1) is 7.63. The molecule has 86 valence electrons. The highest BCUT2D eigenvalue weighted by Gasteiger charge is 2.13. The van der Waals surface area contributed by atoms with Gasteiger partial charge in [-0.1, -0.05) is 0 Å². The highest BCUT2D eigenvalue weighted by molar-refractivity contribution is 5.76. The summed E-state index contributed by atoms with van der Waals surface area (Å²) in [6.07, 6.45) is 1.78. The number of nitrogens with zero attached hydrogens (tertiary/aromatic N) is 4. The van der Waals surface area contributed by atoms with Gasteiger partial charge in [-0.3, -0.25) is 0 Å². The minimum absolute atomic E-state index is 0.328. The lowest BCUT2D eigenvalue weighted by Crippen LogP contribution is -2.03. The van der Waals surface area contributed by atoms with E-state index in [0.717, 1.165) is 11.2 Å². The monoisotopic (exact) mass is 220 g/mol. The molecule has 0 fully saturated rings. The minimum atomic E-state index is 0.328. The Balaban J connectivity index is 2.65. The Hall–Kier alpha value is -1.65. The first kappa shape index (κ1) is 10.9. The molecule has 16 heavy (non-hydrogen) atoms. The van der Waals surface area contributed by atoms with Gasteiger partial charge < -0.3 is 9.30 Å². The molecule has 5 nitrogen and oxygen atoms in total. The van der Waals surface area contributed by atoms with Gasteiger partial charge in [0.05, 0.1) is 12.9 Å². The predicted octanol–water partition coefficient (Wildman–Crippen LogP) is 2.11. The summed E-state index contributed by atoms with van der Waals surface area (Å²) in [5, 5.41) is 0. The van der Waals surface area contributed by atoms with Gasteiger partial charge in [0.15, 0.2) is 11.2 Å². The fourth-order valence-electron chi connectivity index (χ4n) is 1.61. The molecular weight excluding hydrogens is 204 g/mol. The first-order valence-electron chi connectivity index (χ1n) is 5.47. The Bertz CT molecular complexity index is 504. The average Bonchev–Trinajstić information content (AvgIpc) is 2.61. The maximum Gasteiger partial charge on any atom is 0.245 e. The summed E-state index contributed by atoms with van der Waals surface area (Å²) in [6.45, 7) is 8.57. The predicted molar refractivity (Wildman–Crippen MR) is 61.6 cm³/mol. The molecule has 0 amide bonds. The van der Waals surface area contributed by atoms with E-state index < -0.39 is 0 Å². The molecule has 0 saturated heterocycles. The van der Waals surface area contributed by atoms with E-state index in [9.17, 15) is 0 Å². The summed E-state index contributed by atoms with van der Waals surface area (Å²) in [5.74, 6) is 1.28. The zero-order valence-electron chi connectivity index (χ0n) is 10.1. The number of rotatable bonds is 3. The normalized spacial score (nSPS) is 11.3. The fraction of sp³-hybridized carbons (Fsp3) is 0.545. The van der Waals surface area contributed by atoms with Crippen LogP contribution in [0.3, 0.4) is 0 Å². The van der Waals surface area contributed by atoms with Crippen LogP contribution in [0.2, 0.25) is 0 Å². The molecule has 0 unspecified atom stereocenters. The van der Waals surface area contributed by atoms with Crippen molar-refractivity contribution in [2.45, 2.75) is 33.7 Å². The number of ether oxygens (including phenoxy) is 1. The van der Waals surface area contributed by atoms with Gasteiger partial charge in [0.1, 0.15) is 5.82 Å². The summed E-state index contributed by atoms with van der Waals surface area (Å²) in [5.41, 5.74) is 1.58. The molecule has 0 N–H and O–H groups in total. The van der Waals surface area contributed by atoms with E-state index >= 15 is 0 Å². The van der Waals surface area contributed by atoms with Crippen LogP contribution < -0.4 is 4.74 Å². The zero-order valence-corrected chi connectivity index (χ0v) is 10.1. The van der Waals surface area contributed by atoms with Crippen LogP contribution in [0.4, 0.5) is 0 Å². The van der Waals surface area contributed by atoms with Gasteiger partial charge in [-0.25, -0.2) is 9.97 Å². The smallest absolute Gasteiger partial charge is 0.245 e. The molecule has 0 radical (unpaired) electrons. The fourth-order valence-corrected chi connectivity index (χ4v) is 1.61. The second-order valence-electron chi connectivity index (χ2n) is 3.93. The molecule has 2 aromatic rings. The topological polar surface area (TPSA) is 52.8 Å². The van der Waals surface area contributed by atoms with Gasteiger partial charge in [-0.05, 0) is 27.7 Å². The number of hydrogen-bond acceptors (Lipinski definition) is 4. The average molecular weight is 220 g/mol. The zero-order chi connectivity index (χ0) is 11.7. The quantitative estimate of drug-likeness (QED) is 0.795. The molecule has 0 aliphatic rings. The van der Waals surface area contributed by atoms with E-state index in [1.165, 1.54) is 0 Å². The van der Waals surface area contributed by atoms with Crippen LogP contribution in [0.1, 0.15) is 32.6 Å². The van der Waals surface area contributed by atoms with Gasteiger partial charge in [-0.15, -0.1) is 0 Å². The van der Waals surface area contributed by atoms with Crippen LogP contribution in [0.25, 0.3) is 11.2 Å². The second kappa shape index (κ2) is 4.08. The number of aryl methyl sites for hydroxylation is 1. The molecule has 2 rings (SSSR count). The van der Waals surface area contributed by atoms with Crippen LogP contribution in [-0.4, -0.2) is 26.1 Å². The van der Waals surface area contributed by atoms with Crippen LogP contribution in [0.15, 0.2) is 6.33 Å². The van der Waals surface area contributed by atoms with E-state index in [0.29, 0.717) is 24.4 Å². The number of imidazole rings is 1. The van der Waals surface area contributed by atoms with Crippen molar-refractivity contribution in [3.8, 4) is 5.88 Å². The Kier molecular flexibility index (Phi) is 2.77. The highest BCUT2D eigenvalue weighted by atomic mass is 16.5. The van der Waals surface area contributed by atoms with Crippen molar-refractivity contribution in [1.29, 1.82) is 0 Å². The Morgan fingerprint density at radius 1 is 1.38 bits per heavy atom. The number of aromatic nitrogens is 4. The molecule has 0 saturated carbocycles. The molecule has 0 aliphatic carbocycles. The van der Waals surface area contributed by atoms with Gasteiger partial charge in [0.2, 0.25) is 5.88 Å². The summed E-state index contributed by atoms with van der Waals surface area (Å²) in [4.78, 5) is 13.0. The van der Waals surface area contributed by atoms with Crippen molar-refractivity contribution in [2.24, 2.45) is 0 Å². The van der Waals surface area contributed by atoms with E-state index in [1.807, 2.05) is 18.4 Å². The lowest BCUT2D eigenvalue weighted by Gasteiger charge is -2.08. The van der Waals surface area contributed by atoms with Crippen molar-refractivity contribution in [3.63, 3.8) is 0 Å². The van der Waals surface area contributed by atoms with Crippen molar-refractivity contribution in [1.82, 2.24) is 19.5 Å². The van der Waals surface area contributed by atoms with Crippen molar-refractivity contribution in [3.05, 3.63) is 12.2 Å². The summed E-state index contributed by atoms with van der Waals surface area (Å²) < 4.78 is 7.49. The molecule has 0 bridgehead atoms. The van der Waals surface area contributed by atoms with Gasteiger partial charge in [0, 0.05) is 6.04 Å². The van der Waals surface area contributed by atoms with Crippen LogP contribution >= 0.6 is 0 Å². The van der Waals surface area contributed by atoms with Crippen LogP contribution in [0.5, 0.6) is 5.88 Å². The lowest BCUT2D eigenvalue weighted by atomic mass is 10.4. The van der Waals surface area contributed by atoms with Gasteiger partial charge >= 0.3 is 0 Å². The van der Waals surface area contributed by atoms with E-state index in [4.69, 9.17) is 4.74 Å². The second-order valence-corrected chi connectivity index (χ2v) is 3.93. The van der Waals surface area contributed by atoms with E-state index in [1.54, 1.807) is 6.33 Å². The Labute approximate surface area is 94.5 Å². The van der Waals surface area contributed by atoms with E-state index in [2.05, 4.69) is 28.8 Å². The Morgan fingerprint density at radius 3 is 2.75 bits per heavy atom. The molecular formula is C11H16N4O. The highest BCUT2D eigenvalue weighted by Crippen LogP contribution is 2.23. The summed E-state index contributed by atoms with van der Waals surface area (Å²) in [7, 11) is 0. The third-order valence-electron chi connectivity index (χ3n) is 2.34. The molecule has 2 aromatic heterocycles. The SMILES string of the molecule is CCOc1nc(C)nc2c1ncn2C(C)C. The maximum absolute atomic E-state index is 5.47. The summed E-state index contributed by atoms with van der Waals surface area (Å²) >= 11 is 0. The lowest BCUT2D eigenvalue weighted by molar-refractivity contribution is 0.329. The van der Waals surface area contributed by atoms with Gasteiger partial charge in [0.25, 0.3) is 0 Å². The van der Waals surface area contributed by atoms with Crippen molar-refractivity contribution >= 4 is 11.2 Å².